The Labute approximate surface area is 137 Å². The van der Waals surface area contributed by atoms with Crippen LogP contribution in [-0.4, -0.2) is 23.3 Å². The zero-order valence-electron chi connectivity index (χ0n) is 12.7. The van der Waals surface area contributed by atoms with Crippen LogP contribution in [0.5, 0.6) is 0 Å². The lowest BCUT2D eigenvalue weighted by atomic mass is 10.0. The van der Waals surface area contributed by atoms with Crippen molar-refractivity contribution >= 4 is 17.7 Å². The lowest BCUT2D eigenvalue weighted by molar-refractivity contribution is 0.0851. The fourth-order valence-corrected chi connectivity index (χ4v) is 2.50. The van der Waals surface area contributed by atoms with E-state index in [1.807, 2.05) is 18.4 Å². The molecule has 2 unspecified atom stereocenters. The van der Waals surface area contributed by atoms with Gasteiger partial charge in [-0.1, -0.05) is 6.07 Å². The first-order chi connectivity index (χ1) is 10.9. The molecule has 1 amide bonds. The molecule has 2 atom stereocenters. The van der Waals surface area contributed by atoms with Gasteiger partial charge < -0.3 is 10.4 Å². The maximum absolute atomic E-state index is 13.2. The Kier molecular flexibility index (Phi) is 5.74. The summed E-state index contributed by atoms with van der Waals surface area (Å²) < 4.78 is 26.2. The smallest absolute Gasteiger partial charge is 0.251 e. The van der Waals surface area contributed by atoms with Crippen molar-refractivity contribution in [3.05, 3.63) is 65.2 Å². The van der Waals surface area contributed by atoms with Crippen LogP contribution in [0.4, 0.5) is 8.78 Å². The molecule has 2 rings (SSSR count). The van der Waals surface area contributed by atoms with Crippen molar-refractivity contribution in [2.45, 2.75) is 24.0 Å². The minimum Gasteiger partial charge on any atom is -0.386 e. The van der Waals surface area contributed by atoms with Gasteiger partial charge in [0.25, 0.3) is 5.91 Å². The molecule has 0 aliphatic carbocycles. The first-order valence-electron chi connectivity index (χ1n) is 7.00. The summed E-state index contributed by atoms with van der Waals surface area (Å²) in [6.07, 6.45) is 0.800. The average Bonchev–Trinajstić information content (AvgIpc) is 2.56. The van der Waals surface area contributed by atoms with Gasteiger partial charge >= 0.3 is 0 Å². The second-order valence-electron chi connectivity index (χ2n) is 5.11. The second-order valence-corrected chi connectivity index (χ2v) is 5.99. The van der Waals surface area contributed by atoms with E-state index >= 15 is 0 Å². The van der Waals surface area contributed by atoms with E-state index in [2.05, 4.69) is 5.32 Å². The van der Waals surface area contributed by atoms with Crippen molar-refractivity contribution in [2.24, 2.45) is 0 Å². The highest BCUT2D eigenvalue weighted by molar-refractivity contribution is 7.98. The molecule has 3 nitrogen and oxygen atoms in total. The predicted octanol–water partition coefficient (Wildman–Crippen LogP) is 3.54. The molecule has 2 aromatic carbocycles. The zero-order chi connectivity index (χ0) is 17.0. The van der Waals surface area contributed by atoms with Crippen molar-refractivity contribution in [2.75, 3.05) is 6.26 Å². The van der Waals surface area contributed by atoms with E-state index in [-0.39, 0.29) is 11.5 Å². The third-order valence-electron chi connectivity index (χ3n) is 3.47. The summed E-state index contributed by atoms with van der Waals surface area (Å²) in [5.74, 6) is -2.36. The molecule has 0 bridgehead atoms. The number of aliphatic hydroxyl groups is 1. The zero-order valence-corrected chi connectivity index (χ0v) is 13.5. The van der Waals surface area contributed by atoms with Gasteiger partial charge in [-0.05, 0) is 55.1 Å². The maximum Gasteiger partial charge on any atom is 0.251 e. The van der Waals surface area contributed by atoms with Crippen LogP contribution in [0.25, 0.3) is 0 Å². The summed E-state index contributed by atoms with van der Waals surface area (Å²) in [5, 5.41) is 12.8. The normalized spacial score (nSPS) is 13.4. The molecule has 0 aliphatic rings. The molecule has 0 saturated heterocycles. The molecule has 6 heteroatoms. The Morgan fingerprint density at radius 3 is 2.35 bits per heavy atom. The Bertz CT molecular complexity index is 691. The highest BCUT2D eigenvalue weighted by Gasteiger charge is 2.20. The van der Waals surface area contributed by atoms with Crippen molar-refractivity contribution < 1.29 is 18.7 Å². The number of hydrogen-bond donors (Lipinski definition) is 2. The monoisotopic (exact) mass is 337 g/mol. The third kappa shape index (κ3) is 4.30. The first-order valence-corrected chi connectivity index (χ1v) is 8.22. The number of halogens is 2. The quantitative estimate of drug-likeness (QED) is 0.821. The Hall–Kier alpha value is -1.92. The van der Waals surface area contributed by atoms with E-state index in [9.17, 15) is 18.7 Å². The molecule has 0 heterocycles. The molecule has 2 N–H and O–H groups in total. The molecule has 0 fully saturated rings. The topological polar surface area (TPSA) is 49.3 Å². The fraction of sp³-hybridized carbons (Fsp3) is 0.235. The van der Waals surface area contributed by atoms with E-state index in [0.29, 0.717) is 5.56 Å². The maximum atomic E-state index is 13.2. The number of amides is 1. The van der Waals surface area contributed by atoms with Gasteiger partial charge in [0.15, 0.2) is 11.6 Å². The number of nitrogens with one attached hydrogen (secondary N) is 1. The van der Waals surface area contributed by atoms with Crippen molar-refractivity contribution in [3.63, 3.8) is 0 Å². The predicted molar refractivity (Wildman–Crippen MR) is 86.5 cm³/mol. The lowest BCUT2D eigenvalue weighted by Gasteiger charge is -2.21. The number of hydrogen-bond acceptors (Lipinski definition) is 3. The third-order valence-corrected chi connectivity index (χ3v) is 4.21. The summed E-state index contributed by atoms with van der Waals surface area (Å²) in [4.78, 5) is 13.2. The lowest BCUT2D eigenvalue weighted by Crippen LogP contribution is -2.37. The van der Waals surface area contributed by atoms with Crippen LogP contribution in [0.2, 0.25) is 0 Å². The largest absolute Gasteiger partial charge is 0.386 e. The van der Waals surface area contributed by atoms with Crippen LogP contribution in [0.1, 0.15) is 28.9 Å². The molecule has 23 heavy (non-hydrogen) atoms. The number of benzene rings is 2. The summed E-state index contributed by atoms with van der Waals surface area (Å²) in [6, 6.07) is 9.55. The van der Waals surface area contributed by atoms with E-state index < -0.39 is 23.8 Å². The minimum absolute atomic E-state index is 0.203. The van der Waals surface area contributed by atoms with Crippen molar-refractivity contribution in [1.29, 1.82) is 0 Å². The molecule has 122 valence electrons. The summed E-state index contributed by atoms with van der Waals surface area (Å²) in [7, 11) is 0. The number of aliphatic hydroxyl groups excluding tert-OH is 1. The number of thioether (sulfide) groups is 1. The highest BCUT2D eigenvalue weighted by atomic mass is 32.2. The van der Waals surface area contributed by atoms with Gasteiger partial charge in [-0.15, -0.1) is 11.8 Å². The Morgan fingerprint density at radius 2 is 1.78 bits per heavy atom. The Balaban J connectivity index is 2.05. The second kappa shape index (κ2) is 7.57. The first kappa shape index (κ1) is 17.4. The van der Waals surface area contributed by atoms with Crippen LogP contribution >= 0.6 is 11.8 Å². The molecule has 0 saturated carbocycles. The summed E-state index contributed by atoms with van der Waals surface area (Å²) >= 11 is 1.57. The fourth-order valence-electron chi connectivity index (χ4n) is 2.10. The van der Waals surface area contributed by atoms with Crippen LogP contribution in [0.3, 0.4) is 0 Å². The van der Waals surface area contributed by atoms with Crippen LogP contribution in [-0.2, 0) is 0 Å². The van der Waals surface area contributed by atoms with Gasteiger partial charge in [0.05, 0.1) is 12.1 Å². The van der Waals surface area contributed by atoms with Crippen LogP contribution in [0.15, 0.2) is 47.4 Å². The van der Waals surface area contributed by atoms with E-state index in [1.165, 1.54) is 6.07 Å². The Morgan fingerprint density at radius 1 is 1.13 bits per heavy atom. The molecule has 0 aromatic heterocycles. The minimum atomic E-state index is -1.14. The number of carbonyl (C=O) groups excluding carboxylic acids is 1. The van der Waals surface area contributed by atoms with Gasteiger partial charge in [-0.3, -0.25) is 4.79 Å². The van der Waals surface area contributed by atoms with Crippen LogP contribution < -0.4 is 5.32 Å². The van der Waals surface area contributed by atoms with Gasteiger partial charge in [0, 0.05) is 10.5 Å². The molecule has 0 radical (unpaired) electrons. The molecular weight excluding hydrogens is 320 g/mol. The van der Waals surface area contributed by atoms with Crippen molar-refractivity contribution in [1.82, 2.24) is 5.32 Å². The van der Waals surface area contributed by atoms with E-state index in [1.54, 1.807) is 30.8 Å². The highest BCUT2D eigenvalue weighted by Crippen LogP contribution is 2.20. The standard InChI is InChI=1S/C17H17F2NO2S/c1-10(16(21)12-5-8-14(18)15(19)9-12)20-17(22)11-3-6-13(23-2)7-4-11/h3-10,16,21H,1-2H3,(H,20,22). The van der Waals surface area contributed by atoms with Crippen molar-refractivity contribution in [3.8, 4) is 0 Å². The SMILES string of the molecule is CSc1ccc(C(=O)NC(C)C(O)c2ccc(F)c(F)c2)cc1. The van der Waals surface area contributed by atoms with E-state index in [0.717, 1.165) is 17.0 Å². The molecular formula is C17H17F2NO2S. The van der Waals surface area contributed by atoms with Crippen LogP contribution in [0, 0.1) is 11.6 Å². The van der Waals surface area contributed by atoms with Gasteiger partial charge in [-0.2, -0.15) is 0 Å². The number of carbonyl (C=O) groups is 1. The molecule has 0 spiro atoms. The summed E-state index contributed by atoms with van der Waals surface area (Å²) in [6.45, 7) is 1.60. The molecule has 0 aliphatic heterocycles. The van der Waals surface area contributed by atoms with Gasteiger partial charge in [0.2, 0.25) is 0 Å². The number of rotatable bonds is 5. The summed E-state index contributed by atoms with van der Waals surface area (Å²) in [5.41, 5.74) is 0.668. The van der Waals surface area contributed by atoms with E-state index in [4.69, 9.17) is 0 Å². The molecule has 2 aromatic rings. The van der Waals surface area contributed by atoms with Gasteiger partial charge in [0.1, 0.15) is 0 Å². The average molecular weight is 337 g/mol. The van der Waals surface area contributed by atoms with Gasteiger partial charge in [-0.25, -0.2) is 8.78 Å².